The standard InChI is InChI=1S/C33H38F2N4O2/c1-33(2,3)31(39(17-16-26(36)22-40)30(41)19-24-14-15-27(34)28(35)18-24)32-37-29(25-12-8-5-9-13-25)21-38(32)20-23-10-6-4-7-11-23/h4-15,18,21,26,31,40H,16-17,19-20,22,36H2,1-3H3/t26-,31-/m0/s1. The van der Waals surface area contributed by atoms with Gasteiger partial charge in [0.1, 0.15) is 5.82 Å². The van der Waals surface area contributed by atoms with Gasteiger partial charge in [-0.05, 0) is 35.1 Å². The van der Waals surface area contributed by atoms with E-state index in [1.807, 2.05) is 87.6 Å². The van der Waals surface area contributed by atoms with Gasteiger partial charge in [-0.3, -0.25) is 4.79 Å². The summed E-state index contributed by atoms with van der Waals surface area (Å²) in [5.74, 6) is -1.52. The number of aromatic nitrogens is 2. The molecule has 0 saturated carbocycles. The zero-order valence-corrected chi connectivity index (χ0v) is 23.8. The van der Waals surface area contributed by atoms with Gasteiger partial charge in [0.05, 0.1) is 24.8 Å². The minimum atomic E-state index is -0.998. The van der Waals surface area contributed by atoms with E-state index in [2.05, 4.69) is 4.57 Å². The van der Waals surface area contributed by atoms with Crippen LogP contribution in [0.5, 0.6) is 0 Å². The lowest BCUT2D eigenvalue weighted by molar-refractivity contribution is -0.136. The molecule has 0 fully saturated rings. The van der Waals surface area contributed by atoms with E-state index in [4.69, 9.17) is 10.7 Å². The van der Waals surface area contributed by atoms with Crippen molar-refractivity contribution in [1.29, 1.82) is 0 Å². The highest BCUT2D eigenvalue weighted by atomic mass is 19.2. The van der Waals surface area contributed by atoms with Gasteiger partial charge in [0.2, 0.25) is 5.91 Å². The molecule has 0 radical (unpaired) electrons. The molecular formula is C33H38F2N4O2. The number of aliphatic hydroxyl groups is 1. The second-order valence-corrected chi connectivity index (χ2v) is 11.5. The molecule has 0 aliphatic carbocycles. The second-order valence-electron chi connectivity index (χ2n) is 11.5. The molecule has 0 aliphatic rings. The topological polar surface area (TPSA) is 84.4 Å². The summed E-state index contributed by atoms with van der Waals surface area (Å²) in [6, 6.07) is 22.4. The van der Waals surface area contributed by atoms with Crippen molar-refractivity contribution in [3.63, 3.8) is 0 Å². The number of halogens is 2. The van der Waals surface area contributed by atoms with Crippen LogP contribution in [0.1, 0.15) is 50.2 Å². The number of carbonyl (C=O) groups is 1. The number of nitrogens with zero attached hydrogens (tertiary/aromatic N) is 3. The fourth-order valence-electron chi connectivity index (χ4n) is 5.02. The Morgan fingerprint density at radius 1 is 0.976 bits per heavy atom. The van der Waals surface area contributed by atoms with Crippen LogP contribution in [-0.4, -0.2) is 44.7 Å². The number of rotatable bonds is 11. The molecule has 3 N–H and O–H groups in total. The molecule has 2 atom stereocenters. The van der Waals surface area contributed by atoms with E-state index in [9.17, 15) is 18.7 Å². The molecule has 0 unspecified atom stereocenters. The van der Waals surface area contributed by atoms with Gasteiger partial charge in [-0.1, -0.05) is 87.5 Å². The number of imidazole rings is 1. The first-order valence-corrected chi connectivity index (χ1v) is 13.8. The average molecular weight is 561 g/mol. The van der Waals surface area contributed by atoms with Gasteiger partial charge in [-0.15, -0.1) is 0 Å². The van der Waals surface area contributed by atoms with Crippen molar-refractivity contribution in [2.24, 2.45) is 11.1 Å². The van der Waals surface area contributed by atoms with Crippen molar-refractivity contribution in [2.45, 2.75) is 52.2 Å². The Hall–Kier alpha value is -3.88. The van der Waals surface area contributed by atoms with Crippen LogP contribution in [0.15, 0.2) is 85.1 Å². The molecule has 1 amide bonds. The Bertz CT molecular complexity index is 1430. The first-order valence-electron chi connectivity index (χ1n) is 13.8. The summed E-state index contributed by atoms with van der Waals surface area (Å²) in [6.07, 6.45) is 2.24. The van der Waals surface area contributed by atoms with E-state index < -0.39 is 29.1 Å². The Balaban J connectivity index is 1.81. The van der Waals surface area contributed by atoms with Crippen molar-refractivity contribution >= 4 is 5.91 Å². The molecule has 4 aromatic rings. The summed E-state index contributed by atoms with van der Waals surface area (Å²) < 4.78 is 29.7. The van der Waals surface area contributed by atoms with E-state index in [1.165, 1.54) is 6.07 Å². The molecule has 6 nitrogen and oxygen atoms in total. The summed E-state index contributed by atoms with van der Waals surface area (Å²) in [5, 5.41) is 9.61. The number of aliphatic hydroxyl groups excluding tert-OH is 1. The van der Waals surface area contributed by atoms with Gasteiger partial charge < -0.3 is 20.3 Å². The maximum atomic E-state index is 14.0. The molecule has 8 heteroatoms. The van der Waals surface area contributed by atoms with Crippen LogP contribution in [0.4, 0.5) is 8.78 Å². The molecule has 4 rings (SSSR count). The first kappa shape index (κ1) is 30.1. The Labute approximate surface area is 240 Å². The van der Waals surface area contributed by atoms with E-state index >= 15 is 0 Å². The van der Waals surface area contributed by atoms with E-state index in [1.54, 1.807) is 4.90 Å². The molecule has 0 aliphatic heterocycles. The summed E-state index contributed by atoms with van der Waals surface area (Å²) in [5.41, 5.74) is 8.79. The lowest BCUT2D eigenvalue weighted by Gasteiger charge is -2.40. The Morgan fingerprint density at radius 3 is 2.24 bits per heavy atom. The molecule has 3 aromatic carbocycles. The van der Waals surface area contributed by atoms with E-state index in [0.717, 1.165) is 29.0 Å². The van der Waals surface area contributed by atoms with Crippen molar-refractivity contribution in [2.75, 3.05) is 13.2 Å². The van der Waals surface area contributed by atoms with Gasteiger partial charge in [0, 0.05) is 30.9 Å². The monoisotopic (exact) mass is 560 g/mol. The summed E-state index contributed by atoms with van der Waals surface area (Å²) >= 11 is 0. The zero-order chi connectivity index (χ0) is 29.6. The van der Waals surface area contributed by atoms with Gasteiger partial charge in [0.25, 0.3) is 0 Å². The molecule has 0 saturated heterocycles. The Kier molecular flexibility index (Phi) is 9.68. The highest BCUT2D eigenvalue weighted by Crippen LogP contribution is 2.39. The van der Waals surface area contributed by atoms with Gasteiger partial charge in [-0.2, -0.15) is 0 Å². The second kappa shape index (κ2) is 13.2. The van der Waals surface area contributed by atoms with Crippen molar-refractivity contribution in [3.05, 3.63) is 114 Å². The van der Waals surface area contributed by atoms with Crippen LogP contribution >= 0.6 is 0 Å². The zero-order valence-electron chi connectivity index (χ0n) is 23.8. The predicted octanol–water partition coefficient (Wildman–Crippen LogP) is 5.74. The minimum Gasteiger partial charge on any atom is -0.395 e. The van der Waals surface area contributed by atoms with E-state index in [-0.39, 0.29) is 25.5 Å². The Morgan fingerprint density at radius 2 is 1.63 bits per heavy atom. The van der Waals surface area contributed by atoms with Crippen LogP contribution in [-0.2, 0) is 17.8 Å². The third-order valence-electron chi connectivity index (χ3n) is 7.08. The molecule has 1 heterocycles. The third kappa shape index (κ3) is 7.65. The van der Waals surface area contributed by atoms with Crippen molar-refractivity contribution in [3.8, 4) is 11.3 Å². The molecule has 1 aromatic heterocycles. The number of amides is 1. The van der Waals surface area contributed by atoms with Gasteiger partial charge in [0.15, 0.2) is 11.6 Å². The fourth-order valence-corrected chi connectivity index (χ4v) is 5.02. The van der Waals surface area contributed by atoms with Crippen molar-refractivity contribution in [1.82, 2.24) is 14.5 Å². The third-order valence-corrected chi connectivity index (χ3v) is 7.08. The minimum absolute atomic E-state index is 0.122. The first-order chi connectivity index (χ1) is 19.6. The number of carbonyl (C=O) groups excluding carboxylic acids is 1. The molecule has 41 heavy (non-hydrogen) atoms. The lowest BCUT2D eigenvalue weighted by atomic mass is 9.84. The number of hydrogen-bond donors (Lipinski definition) is 2. The number of nitrogens with two attached hydrogens (primary N) is 1. The molecule has 216 valence electrons. The number of benzene rings is 3. The molecule has 0 bridgehead atoms. The molecule has 0 spiro atoms. The van der Waals surface area contributed by atoms with Crippen LogP contribution in [0.3, 0.4) is 0 Å². The van der Waals surface area contributed by atoms with Crippen LogP contribution < -0.4 is 5.73 Å². The SMILES string of the molecule is CC(C)(C)[C@H](c1nc(-c2ccccc2)cn1Cc1ccccc1)N(CC[C@H](N)CO)C(=O)Cc1ccc(F)c(F)c1. The predicted molar refractivity (Wildman–Crippen MR) is 157 cm³/mol. The summed E-state index contributed by atoms with van der Waals surface area (Å²) in [4.78, 5) is 20.8. The highest BCUT2D eigenvalue weighted by Gasteiger charge is 2.38. The maximum Gasteiger partial charge on any atom is 0.227 e. The van der Waals surface area contributed by atoms with Gasteiger partial charge >= 0.3 is 0 Å². The smallest absolute Gasteiger partial charge is 0.227 e. The lowest BCUT2D eigenvalue weighted by Crippen LogP contribution is -2.45. The average Bonchev–Trinajstić information content (AvgIpc) is 3.35. The fraction of sp³-hybridized carbons (Fsp3) is 0.333. The summed E-state index contributed by atoms with van der Waals surface area (Å²) in [6.45, 7) is 6.72. The van der Waals surface area contributed by atoms with E-state index in [0.29, 0.717) is 24.4 Å². The normalized spacial score (nSPS) is 13.1. The quantitative estimate of drug-likeness (QED) is 0.245. The highest BCUT2D eigenvalue weighted by molar-refractivity contribution is 5.79. The van der Waals surface area contributed by atoms with Crippen LogP contribution in [0.2, 0.25) is 0 Å². The van der Waals surface area contributed by atoms with Gasteiger partial charge in [-0.25, -0.2) is 13.8 Å². The number of hydrogen-bond acceptors (Lipinski definition) is 4. The maximum absolute atomic E-state index is 14.0. The molecular weight excluding hydrogens is 522 g/mol. The van der Waals surface area contributed by atoms with Crippen molar-refractivity contribution < 1.29 is 18.7 Å². The van der Waals surface area contributed by atoms with Crippen LogP contribution in [0.25, 0.3) is 11.3 Å². The largest absolute Gasteiger partial charge is 0.395 e. The van der Waals surface area contributed by atoms with Crippen LogP contribution in [0, 0.1) is 17.0 Å². The summed E-state index contributed by atoms with van der Waals surface area (Å²) in [7, 11) is 0.